The normalized spacial score (nSPS) is 10.2. The summed E-state index contributed by atoms with van der Waals surface area (Å²) in [6.45, 7) is 0.434. The van der Waals surface area contributed by atoms with Crippen LogP contribution < -0.4 is 5.32 Å². The van der Waals surface area contributed by atoms with E-state index in [-0.39, 0.29) is 17.8 Å². The van der Waals surface area contributed by atoms with Gasteiger partial charge in [0.1, 0.15) is 11.5 Å². The number of nitro benzene ring substituents is 1. The van der Waals surface area contributed by atoms with Crippen LogP contribution in [-0.2, 0) is 4.79 Å². The van der Waals surface area contributed by atoms with Gasteiger partial charge in [-0.2, -0.15) is 0 Å². The van der Waals surface area contributed by atoms with Gasteiger partial charge < -0.3 is 10.4 Å². The zero-order valence-electron chi connectivity index (χ0n) is 10.3. The highest BCUT2D eigenvalue weighted by Gasteiger charge is 2.13. The van der Waals surface area contributed by atoms with Gasteiger partial charge in [0.05, 0.1) is 4.92 Å². The van der Waals surface area contributed by atoms with E-state index in [1.165, 1.54) is 0 Å². The van der Waals surface area contributed by atoms with E-state index in [1.807, 2.05) is 0 Å². The van der Waals surface area contributed by atoms with Crippen molar-refractivity contribution in [1.29, 1.82) is 0 Å². The molecule has 0 heterocycles. The fourth-order valence-electron chi connectivity index (χ4n) is 1.61. The molecule has 0 radical (unpaired) electrons. The minimum Gasteiger partial charge on any atom is -0.481 e. The number of unbranched alkanes of at least 4 members (excludes halogenated alkanes) is 2. The highest BCUT2D eigenvalue weighted by atomic mass is 19.1. The summed E-state index contributed by atoms with van der Waals surface area (Å²) in [6, 6.07) is 3.23. The number of nitro groups is 1. The second-order valence-electron chi connectivity index (χ2n) is 4.05. The lowest BCUT2D eigenvalue weighted by molar-refractivity contribution is -0.384. The summed E-state index contributed by atoms with van der Waals surface area (Å²) in [4.78, 5) is 20.4. The number of hydrogen-bond acceptors (Lipinski definition) is 4. The number of rotatable bonds is 8. The number of carbonyl (C=O) groups is 1. The van der Waals surface area contributed by atoms with Crippen LogP contribution in [0.5, 0.6) is 0 Å². The molecule has 0 aromatic heterocycles. The van der Waals surface area contributed by atoms with E-state index in [9.17, 15) is 19.3 Å². The average Bonchev–Trinajstić information content (AvgIpc) is 2.33. The Kier molecular flexibility index (Phi) is 5.72. The molecule has 1 aromatic carbocycles. The molecule has 0 saturated carbocycles. The molecular weight excluding hydrogens is 255 g/mol. The van der Waals surface area contributed by atoms with E-state index in [0.717, 1.165) is 18.2 Å². The zero-order chi connectivity index (χ0) is 14.3. The average molecular weight is 270 g/mol. The van der Waals surface area contributed by atoms with Crippen molar-refractivity contribution in [2.24, 2.45) is 0 Å². The third kappa shape index (κ3) is 5.33. The first kappa shape index (κ1) is 14.9. The lowest BCUT2D eigenvalue weighted by Gasteiger charge is -2.06. The molecule has 0 fully saturated rings. The van der Waals surface area contributed by atoms with E-state index in [2.05, 4.69) is 5.32 Å². The number of aliphatic carboxylic acids is 1. The van der Waals surface area contributed by atoms with Crippen LogP contribution >= 0.6 is 0 Å². The first-order valence-electron chi connectivity index (χ1n) is 5.90. The summed E-state index contributed by atoms with van der Waals surface area (Å²) in [7, 11) is 0. The summed E-state index contributed by atoms with van der Waals surface area (Å²) >= 11 is 0. The summed E-state index contributed by atoms with van der Waals surface area (Å²) in [5.74, 6) is -1.38. The first-order valence-corrected chi connectivity index (χ1v) is 5.90. The van der Waals surface area contributed by atoms with E-state index in [4.69, 9.17) is 5.11 Å². The van der Waals surface area contributed by atoms with Crippen molar-refractivity contribution in [3.63, 3.8) is 0 Å². The van der Waals surface area contributed by atoms with Gasteiger partial charge >= 0.3 is 5.97 Å². The van der Waals surface area contributed by atoms with Gasteiger partial charge in [0.2, 0.25) is 0 Å². The van der Waals surface area contributed by atoms with Crippen LogP contribution in [0.3, 0.4) is 0 Å². The highest BCUT2D eigenvalue weighted by molar-refractivity contribution is 5.66. The van der Waals surface area contributed by atoms with Gasteiger partial charge in [0.25, 0.3) is 5.69 Å². The minimum atomic E-state index is -0.839. The molecule has 0 unspecified atom stereocenters. The third-order valence-corrected chi connectivity index (χ3v) is 2.54. The summed E-state index contributed by atoms with van der Waals surface area (Å²) in [5.41, 5.74) is -0.0322. The van der Waals surface area contributed by atoms with Crippen LogP contribution in [0.2, 0.25) is 0 Å². The maximum Gasteiger partial charge on any atom is 0.303 e. The molecule has 0 saturated heterocycles. The van der Waals surface area contributed by atoms with Crippen molar-refractivity contribution < 1.29 is 19.2 Å². The Labute approximate surface area is 109 Å². The van der Waals surface area contributed by atoms with Crippen molar-refractivity contribution >= 4 is 17.3 Å². The number of carboxylic acids is 1. The first-order chi connectivity index (χ1) is 9.00. The number of benzene rings is 1. The van der Waals surface area contributed by atoms with E-state index >= 15 is 0 Å². The van der Waals surface area contributed by atoms with Gasteiger partial charge in [-0.25, -0.2) is 4.39 Å². The van der Waals surface area contributed by atoms with Crippen molar-refractivity contribution in [1.82, 2.24) is 0 Å². The standard InChI is InChI=1S/C12H15FN2O4/c13-9-5-6-11(15(18)19)10(8-9)14-7-3-1-2-4-12(16)17/h5-6,8,14H,1-4,7H2,(H,16,17). The molecule has 0 aliphatic rings. The monoisotopic (exact) mass is 270 g/mol. The van der Waals surface area contributed by atoms with Gasteiger partial charge in [0, 0.05) is 25.1 Å². The molecule has 104 valence electrons. The molecule has 0 aliphatic carbocycles. The second kappa shape index (κ2) is 7.30. The van der Waals surface area contributed by atoms with Gasteiger partial charge in [-0.1, -0.05) is 6.42 Å². The van der Waals surface area contributed by atoms with Gasteiger partial charge in [-0.3, -0.25) is 14.9 Å². The molecule has 7 heteroatoms. The molecular formula is C12H15FN2O4. The Morgan fingerprint density at radius 1 is 1.37 bits per heavy atom. The van der Waals surface area contributed by atoms with Crippen LogP contribution in [0.4, 0.5) is 15.8 Å². The molecule has 0 bridgehead atoms. The Morgan fingerprint density at radius 3 is 2.74 bits per heavy atom. The van der Waals surface area contributed by atoms with Gasteiger partial charge in [-0.05, 0) is 18.9 Å². The number of carboxylic acid groups (broad SMARTS) is 1. The van der Waals surface area contributed by atoms with Crippen LogP contribution in [0.1, 0.15) is 25.7 Å². The van der Waals surface area contributed by atoms with Gasteiger partial charge in [0.15, 0.2) is 0 Å². The Hall–Kier alpha value is -2.18. The minimum absolute atomic E-state index is 0.111. The summed E-state index contributed by atoms with van der Waals surface area (Å²) < 4.78 is 13.0. The second-order valence-corrected chi connectivity index (χ2v) is 4.05. The molecule has 0 atom stereocenters. The largest absolute Gasteiger partial charge is 0.481 e. The number of nitrogens with one attached hydrogen (secondary N) is 1. The fourth-order valence-corrected chi connectivity index (χ4v) is 1.61. The molecule has 19 heavy (non-hydrogen) atoms. The quantitative estimate of drug-likeness (QED) is 0.430. The number of hydrogen-bond donors (Lipinski definition) is 2. The SMILES string of the molecule is O=C(O)CCCCCNc1cc(F)ccc1[N+](=O)[O-]. The lowest BCUT2D eigenvalue weighted by atomic mass is 10.2. The summed E-state index contributed by atoms with van der Waals surface area (Å²) in [6.07, 6.45) is 2.03. The Balaban J connectivity index is 2.42. The smallest absolute Gasteiger partial charge is 0.303 e. The number of halogens is 1. The molecule has 0 spiro atoms. The maximum atomic E-state index is 13.0. The highest BCUT2D eigenvalue weighted by Crippen LogP contribution is 2.24. The number of nitrogens with zero attached hydrogens (tertiary/aromatic N) is 1. The predicted molar refractivity (Wildman–Crippen MR) is 67.6 cm³/mol. The Morgan fingerprint density at radius 2 is 2.11 bits per heavy atom. The zero-order valence-corrected chi connectivity index (χ0v) is 10.3. The van der Waals surface area contributed by atoms with E-state index < -0.39 is 16.7 Å². The van der Waals surface area contributed by atoms with Crippen molar-refractivity contribution in [3.8, 4) is 0 Å². The van der Waals surface area contributed by atoms with Crippen molar-refractivity contribution in [3.05, 3.63) is 34.1 Å². The van der Waals surface area contributed by atoms with Crippen molar-refractivity contribution in [2.45, 2.75) is 25.7 Å². The maximum absolute atomic E-state index is 13.0. The molecule has 0 amide bonds. The van der Waals surface area contributed by atoms with Gasteiger partial charge in [-0.15, -0.1) is 0 Å². The molecule has 6 nitrogen and oxygen atoms in total. The van der Waals surface area contributed by atoms with E-state index in [0.29, 0.717) is 25.8 Å². The third-order valence-electron chi connectivity index (χ3n) is 2.54. The summed E-state index contributed by atoms with van der Waals surface area (Å²) in [5, 5.41) is 22.0. The van der Waals surface area contributed by atoms with Crippen LogP contribution in [0, 0.1) is 15.9 Å². The van der Waals surface area contributed by atoms with Crippen LogP contribution in [-0.4, -0.2) is 22.5 Å². The van der Waals surface area contributed by atoms with Crippen LogP contribution in [0.25, 0.3) is 0 Å². The molecule has 0 aliphatic heterocycles. The predicted octanol–water partition coefficient (Wildman–Crippen LogP) is 2.79. The fraction of sp³-hybridized carbons (Fsp3) is 0.417. The molecule has 2 N–H and O–H groups in total. The van der Waals surface area contributed by atoms with Crippen LogP contribution in [0.15, 0.2) is 18.2 Å². The number of anilines is 1. The molecule has 1 aromatic rings. The molecule has 1 rings (SSSR count). The van der Waals surface area contributed by atoms with Crippen molar-refractivity contribution in [2.75, 3.05) is 11.9 Å². The van der Waals surface area contributed by atoms with E-state index in [1.54, 1.807) is 0 Å². The topological polar surface area (TPSA) is 92.5 Å². The Bertz CT molecular complexity index is 465. The lowest BCUT2D eigenvalue weighted by Crippen LogP contribution is -2.05.